The number of esters is 2. The molecule has 0 radical (unpaired) electrons. The highest BCUT2D eigenvalue weighted by Gasteiger charge is 2.39. The first kappa shape index (κ1) is 46.8. The number of primary amides is 1. The molecule has 57 heavy (non-hydrogen) atoms. The number of hydrogen-bond acceptors (Lipinski definition) is 12. The van der Waals surface area contributed by atoms with Gasteiger partial charge in [-0.05, 0) is 82.7 Å². The first-order chi connectivity index (χ1) is 27.0. The second-order valence-electron chi connectivity index (χ2n) is 15.2. The molecule has 7 atom stereocenters. The molecule has 2 unspecified atom stereocenters. The molecule has 15 nitrogen and oxygen atoms in total. The fourth-order valence-corrected chi connectivity index (χ4v) is 7.75. The minimum Gasteiger partial charge on any atom is -0.508 e. The summed E-state index contributed by atoms with van der Waals surface area (Å²) in [6.45, 7) is 10.6. The van der Waals surface area contributed by atoms with Gasteiger partial charge < -0.3 is 35.8 Å². The van der Waals surface area contributed by atoms with Gasteiger partial charge in [-0.1, -0.05) is 52.7 Å². The number of likely N-dealkylation sites (tertiary alicyclic amines) is 1. The fraction of sp³-hybridized carbons (Fsp3) is 0.634. The van der Waals surface area contributed by atoms with E-state index in [1.807, 2.05) is 32.7 Å². The third-order valence-electron chi connectivity index (χ3n) is 10.6. The molecule has 316 valence electrons. The van der Waals surface area contributed by atoms with Gasteiger partial charge in [-0.15, -0.1) is 11.3 Å². The highest BCUT2D eigenvalue weighted by atomic mass is 32.1. The zero-order valence-corrected chi connectivity index (χ0v) is 35.3. The number of thiazole rings is 1. The number of ether oxygens (including phenoxy) is 2. The first-order valence-corrected chi connectivity index (χ1v) is 20.9. The van der Waals surface area contributed by atoms with Gasteiger partial charge in [0.15, 0.2) is 6.73 Å². The maximum absolute atomic E-state index is 14.7. The van der Waals surface area contributed by atoms with E-state index < -0.39 is 66.5 Å². The minimum atomic E-state index is -0.948. The molecule has 0 saturated carbocycles. The molecule has 0 spiro atoms. The van der Waals surface area contributed by atoms with E-state index in [1.54, 1.807) is 43.5 Å². The lowest BCUT2D eigenvalue weighted by molar-refractivity contribution is -0.165. The lowest BCUT2D eigenvalue weighted by Crippen LogP contribution is -2.60. The van der Waals surface area contributed by atoms with Crippen LogP contribution in [0.25, 0.3) is 0 Å². The molecule has 2 heterocycles. The average molecular weight is 815 g/mol. The highest BCUT2D eigenvalue weighted by Crippen LogP contribution is 2.24. The molecule has 1 saturated heterocycles. The van der Waals surface area contributed by atoms with Crippen LogP contribution in [0.15, 0.2) is 29.6 Å². The number of amides is 4. The van der Waals surface area contributed by atoms with Crippen molar-refractivity contribution < 1.29 is 43.3 Å². The van der Waals surface area contributed by atoms with Gasteiger partial charge in [-0.3, -0.25) is 33.7 Å². The first-order valence-electron chi connectivity index (χ1n) is 20.0. The van der Waals surface area contributed by atoms with Crippen molar-refractivity contribution in [3.05, 3.63) is 45.9 Å². The van der Waals surface area contributed by atoms with E-state index in [0.717, 1.165) is 24.9 Å². The van der Waals surface area contributed by atoms with Gasteiger partial charge in [0.1, 0.15) is 23.6 Å². The van der Waals surface area contributed by atoms with E-state index in [2.05, 4.69) is 15.6 Å². The van der Waals surface area contributed by atoms with Crippen LogP contribution in [0.1, 0.15) is 114 Å². The maximum atomic E-state index is 14.7. The molecule has 1 aliphatic heterocycles. The van der Waals surface area contributed by atoms with Crippen molar-refractivity contribution in [1.29, 1.82) is 0 Å². The van der Waals surface area contributed by atoms with Crippen molar-refractivity contribution in [2.45, 2.75) is 136 Å². The van der Waals surface area contributed by atoms with Gasteiger partial charge in [-0.2, -0.15) is 0 Å². The number of nitrogens with one attached hydrogen (secondary N) is 2. The number of aromatic nitrogens is 1. The quantitative estimate of drug-likeness (QED) is 0.0983. The van der Waals surface area contributed by atoms with Gasteiger partial charge in [-0.25, -0.2) is 4.98 Å². The number of rotatable bonds is 22. The summed E-state index contributed by atoms with van der Waals surface area (Å²) in [6.07, 6.45) is 4.15. The number of phenolic OH excluding ortho intramolecular Hbond substituents is 1. The number of nitrogens with zero attached hydrogens (tertiary/aromatic N) is 3. The van der Waals surface area contributed by atoms with E-state index >= 15 is 0 Å². The number of piperidine rings is 1. The monoisotopic (exact) mass is 814 g/mol. The summed E-state index contributed by atoms with van der Waals surface area (Å²) in [7, 11) is 1.90. The number of carbonyl (C=O) groups is 6. The van der Waals surface area contributed by atoms with Crippen molar-refractivity contribution in [2.75, 3.05) is 20.3 Å². The minimum absolute atomic E-state index is 0.110. The normalized spacial score (nSPS) is 17.6. The topological polar surface area (TPSA) is 211 Å². The molecular formula is C41H62N6O9S. The van der Waals surface area contributed by atoms with Crippen molar-refractivity contribution in [2.24, 2.45) is 17.6 Å². The molecule has 4 amide bonds. The summed E-state index contributed by atoms with van der Waals surface area (Å²) in [4.78, 5) is 86.6. The summed E-state index contributed by atoms with van der Waals surface area (Å²) in [6, 6.07) is 3.99. The molecule has 2 aromatic rings. The molecular weight excluding hydrogens is 753 g/mol. The molecule has 1 aliphatic rings. The third kappa shape index (κ3) is 14.7. The molecule has 3 rings (SSSR count). The van der Waals surface area contributed by atoms with Crippen LogP contribution in [0.3, 0.4) is 0 Å². The van der Waals surface area contributed by atoms with Crippen molar-refractivity contribution in [3.8, 4) is 5.75 Å². The summed E-state index contributed by atoms with van der Waals surface area (Å²) < 4.78 is 11.3. The molecule has 0 bridgehead atoms. The molecule has 5 N–H and O–H groups in total. The van der Waals surface area contributed by atoms with Crippen LogP contribution in [0.2, 0.25) is 0 Å². The lowest BCUT2D eigenvalue weighted by Gasteiger charge is -2.39. The Morgan fingerprint density at radius 2 is 1.77 bits per heavy atom. The standard InChI is InChI=1S/C41H62N6O9S/c1-8-12-36(50)55-24-47(41(54)37(25(3)9-2)45-40(53)34-13-10-11-20-46(34)7)33(27(5)56-28(6)48)18-19-35-44-32(23-57-35)39(52)43-30(21-26(4)38(42)51)22-29-14-16-31(49)17-15-29/h14-17,23,25-27,30,33-34,37,49H,8-13,18-22,24H2,1-7H3,(H2,42,51)(H,43,52)(H,45,53)/t25-,26-,27?,30+,33+,34+,37?/m0/s1. The van der Waals surface area contributed by atoms with Gasteiger partial charge in [0.2, 0.25) is 17.7 Å². The number of nitrogens with two attached hydrogens (primary N) is 1. The van der Waals surface area contributed by atoms with Crippen molar-refractivity contribution >= 4 is 46.9 Å². The predicted molar refractivity (Wildman–Crippen MR) is 216 cm³/mol. The summed E-state index contributed by atoms with van der Waals surface area (Å²) in [5.41, 5.74) is 6.55. The summed E-state index contributed by atoms with van der Waals surface area (Å²) in [5.74, 6) is -3.38. The number of benzene rings is 1. The molecule has 1 fully saturated rings. The van der Waals surface area contributed by atoms with E-state index in [0.29, 0.717) is 30.7 Å². The zero-order chi connectivity index (χ0) is 42.2. The highest BCUT2D eigenvalue weighted by molar-refractivity contribution is 7.09. The number of carbonyl (C=O) groups excluding carboxylic acids is 6. The SMILES string of the molecule is CCCC(=O)OCN(C(=O)C(NC(=O)[C@H]1CCCCN1C)[C@@H](C)CC)[C@H](CCc1nc(C(=O)N[C@@H](Cc2ccc(O)cc2)C[C@H](C)C(N)=O)cs1)C(C)OC(C)=O. The van der Waals surface area contributed by atoms with Crippen molar-refractivity contribution in [3.63, 3.8) is 0 Å². The van der Waals surface area contributed by atoms with E-state index in [4.69, 9.17) is 15.2 Å². The summed E-state index contributed by atoms with van der Waals surface area (Å²) >= 11 is 1.25. The third-order valence-corrected chi connectivity index (χ3v) is 11.5. The zero-order valence-electron chi connectivity index (χ0n) is 34.5. The Kier molecular flexibility index (Phi) is 18.9. The van der Waals surface area contributed by atoms with Gasteiger partial charge in [0.25, 0.3) is 5.91 Å². The Morgan fingerprint density at radius 1 is 1.07 bits per heavy atom. The average Bonchev–Trinajstić information content (AvgIpc) is 3.64. The molecule has 16 heteroatoms. The van der Waals surface area contributed by atoms with E-state index in [9.17, 15) is 33.9 Å². The van der Waals surface area contributed by atoms with Crippen LogP contribution in [-0.2, 0) is 46.3 Å². The molecule has 0 aliphatic carbocycles. The summed E-state index contributed by atoms with van der Waals surface area (Å²) in [5, 5.41) is 17.9. The van der Waals surface area contributed by atoms with Gasteiger partial charge >= 0.3 is 11.9 Å². The van der Waals surface area contributed by atoms with Crippen LogP contribution in [0.4, 0.5) is 0 Å². The number of hydrogen-bond donors (Lipinski definition) is 4. The van der Waals surface area contributed by atoms with E-state index in [1.165, 1.54) is 23.2 Å². The Balaban J connectivity index is 1.88. The predicted octanol–water partition coefficient (Wildman–Crippen LogP) is 4.10. The molecule has 1 aromatic heterocycles. The number of aryl methyl sites for hydroxylation is 1. The Hall–Kier alpha value is -4.57. The van der Waals surface area contributed by atoms with Crippen LogP contribution >= 0.6 is 11.3 Å². The maximum Gasteiger partial charge on any atom is 0.307 e. The second kappa shape index (κ2) is 23.0. The Morgan fingerprint density at radius 3 is 2.39 bits per heavy atom. The second-order valence-corrected chi connectivity index (χ2v) is 16.1. The fourth-order valence-electron chi connectivity index (χ4n) is 6.96. The van der Waals surface area contributed by atoms with E-state index in [-0.39, 0.29) is 55.0 Å². The molecule has 1 aromatic carbocycles. The van der Waals surface area contributed by atoms with Crippen LogP contribution in [-0.4, -0.2) is 106 Å². The largest absolute Gasteiger partial charge is 0.508 e. The van der Waals surface area contributed by atoms with Crippen LogP contribution < -0.4 is 16.4 Å². The van der Waals surface area contributed by atoms with Crippen molar-refractivity contribution in [1.82, 2.24) is 25.4 Å². The number of likely N-dealkylation sites (N-methyl/N-ethyl adjacent to an activating group) is 1. The lowest BCUT2D eigenvalue weighted by atomic mass is 9.94. The number of aromatic hydroxyl groups is 1. The van der Waals surface area contributed by atoms with Crippen LogP contribution in [0, 0.1) is 11.8 Å². The Labute approximate surface area is 340 Å². The number of phenols is 1. The van der Waals surface area contributed by atoms with Crippen LogP contribution in [0.5, 0.6) is 5.75 Å². The van der Waals surface area contributed by atoms with Gasteiger partial charge in [0.05, 0.1) is 17.1 Å². The smallest absolute Gasteiger partial charge is 0.307 e. The van der Waals surface area contributed by atoms with Gasteiger partial charge in [0, 0.05) is 37.1 Å². The Bertz CT molecular complexity index is 1650.